The van der Waals surface area contributed by atoms with Crippen LogP contribution in [0.2, 0.25) is 0 Å². The average molecular weight is 346 g/mol. The number of hydrogen-bond acceptors (Lipinski definition) is 4. The summed E-state index contributed by atoms with van der Waals surface area (Å²) >= 11 is 0. The number of para-hydroxylation sites is 1. The molecule has 2 fully saturated rings. The van der Waals surface area contributed by atoms with Crippen molar-refractivity contribution < 1.29 is 19.4 Å². The number of phenolic OH excluding ortho intramolecular Hbond substituents is 1. The fourth-order valence-electron chi connectivity index (χ4n) is 3.89. The second kappa shape index (κ2) is 7.44. The number of methoxy groups -OCH3 is 1. The number of likely N-dealkylation sites (tertiary alicyclic amines) is 2. The van der Waals surface area contributed by atoms with Gasteiger partial charge in [-0.15, -0.1) is 0 Å². The van der Waals surface area contributed by atoms with E-state index in [4.69, 9.17) is 4.74 Å². The number of hydrogen-bond donors (Lipinski definition) is 1. The van der Waals surface area contributed by atoms with Gasteiger partial charge in [-0.3, -0.25) is 9.59 Å². The fourth-order valence-corrected chi connectivity index (χ4v) is 3.89. The number of aromatic hydroxyl groups is 1. The third-order valence-electron chi connectivity index (χ3n) is 5.47. The van der Waals surface area contributed by atoms with E-state index in [1.165, 1.54) is 0 Å². The molecule has 0 saturated carbocycles. The highest BCUT2D eigenvalue weighted by molar-refractivity contribution is 5.87. The standard InChI is InChI=1S/C19H26N2O4/c1-25-13-12-20-10-8-19(18(20)24)9-11-21(14-19)17(23)7-6-15-4-2-3-5-16(15)22/h2-5,22H,6-14H2,1H3. The van der Waals surface area contributed by atoms with Crippen molar-refractivity contribution in [3.8, 4) is 5.75 Å². The molecule has 1 atom stereocenters. The molecule has 1 unspecified atom stereocenters. The van der Waals surface area contributed by atoms with Crippen molar-refractivity contribution in [3.63, 3.8) is 0 Å². The maximum atomic E-state index is 12.7. The van der Waals surface area contributed by atoms with E-state index in [-0.39, 0.29) is 17.6 Å². The van der Waals surface area contributed by atoms with E-state index in [0.29, 0.717) is 39.1 Å². The number of benzene rings is 1. The first-order valence-electron chi connectivity index (χ1n) is 8.89. The maximum absolute atomic E-state index is 12.7. The van der Waals surface area contributed by atoms with Crippen molar-refractivity contribution in [1.82, 2.24) is 9.80 Å². The number of nitrogens with zero attached hydrogens (tertiary/aromatic N) is 2. The zero-order chi connectivity index (χ0) is 17.9. The number of carbonyl (C=O) groups excluding carboxylic acids is 2. The molecule has 2 saturated heterocycles. The van der Waals surface area contributed by atoms with E-state index in [9.17, 15) is 14.7 Å². The Hall–Kier alpha value is -2.08. The molecule has 0 bridgehead atoms. The van der Waals surface area contributed by atoms with Crippen molar-refractivity contribution in [3.05, 3.63) is 29.8 Å². The van der Waals surface area contributed by atoms with Crippen LogP contribution < -0.4 is 0 Å². The number of rotatable bonds is 6. The normalized spacial score (nSPS) is 23.0. The topological polar surface area (TPSA) is 70.1 Å². The summed E-state index contributed by atoms with van der Waals surface area (Å²) < 4.78 is 5.07. The average Bonchev–Trinajstić information content (AvgIpc) is 3.18. The summed E-state index contributed by atoms with van der Waals surface area (Å²) in [6.45, 7) is 3.09. The molecule has 6 heteroatoms. The van der Waals surface area contributed by atoms with Gasteiger partial charge in [0.1, 0.15) is 5.75 Å². The van der Waals surface area contributed by atoms with Crippen molar-refractivity contribution in [2.24, 2.45) is 5.41 Å². The Morgan fingerprint density at radius 3 is 2.80 bits per heavy atom. The minimum atomic E-state index is -0.391. The Morgan fingerprint density at radius 1 is 1.28 bits per heavy atom. The predicted octanol–water partition coefficient (Wildman–Crippen LogP) is 1.42. The lowest BCUT2D eigenvalue weighted by Crippen LogP contribution is -2.39. The van der Waals surface area contributed by atoms with Gasteiger partial charge in [-0.05, 0) is 30.9 Å². The number of phenols is 1. The third-order valence-corrected chi connectivity index (χ3v) is 5.47. The molecule has 0 aliphatic carbocycles. The summed E-state index contributed by atoms with van der Waals surface area (Å²) in [5, 5.41) is 9.81. The number of ether oxygens (including phenoxy) is 1. The van der Waals surface area contributed by atoms with Gasteiger partial charge in [0.25, 0.3) is 0 Å². The van der Waals surface area contributed by atoms with Gasteiger partial charge < -0.3 is 19.6 Å². The first-order chi connectivity index (χ1) is 12.1. The van der Waals surface area contributed by atoms with Crippen LogP contribution >= 0.6 is 0 Å². The lowest BCUT2D eigenvalue weighted by atomic mass is 9.85. The number of carbonyl (C=O) groups is 2. The minimum Gasteiger partial charge on any atom is -0.508 e. The molecule has 2 aliphatic rings. The summed E-state index contributed by atoms with van der Waals surface area (Å²) in [4.78, 5) is 28.9. The van der Waals surface area contributed by atoms with Crippen LogP contribution in [-0.4, -0.2) is 66.6 Å². The Balaban J connectivity index is 1.55. The van der Waals surface area contributed by atoms with E-state index in [1.807, 2.05) is 21.9 Å². The van der Waals surface area contributed by atoms with Crippen LogP contribution in [0.3, 0.4) is 0 Å². The molecule has 1 aromatic carbocycles. The van der Waals surface area contributed by atoms with Gasteiger partial charge in [0.2, 0.25) is 11.8 Å². The van der Waals surface area contributed by atoms with E-state index in [0.717, 1.165) is 24.9 Å². The molecule has 6 nitrogen and oxygen atoms in total. The molecular weight excluding hydrogens is 320 g/mol. The Labute approximate surface area is 148 Å². The van der Waals surface area contributed by atoms with Crippen LogP contribution in [0.1, 0.15) is 24.8 Å². The van der Waals surface area contributed by atoms with Crippen LogP contribution in [0.25, 0.3) is 0 Å². The Bertz CT molecular complexity index is 648. The molecule has 2 aliphatic heterocycles. The molecule has 25 heavy (non-hydrogen) atoms. The first-order valence-corrected chi connectivity index (χ1v) is 8.89. The summed E-state index contributed by atoms with van der Waals surface area (Å²) in [6, 6.07) is 7.10. The van der Waals surface area contributed by atoms with Gasteiger partial charge in [-0.2, -0.15) is 0 Å². The second-order valence-corrected chi connectivity index (χ2v) is 7.01. The second-order valence-electron chi connectivity index (χ2n) is 7.01. The molecule has 1 N–H and O–H groups in total. The van der Waals surface area contributed by atoms with E-state index >= 15 is 0 Å². The molecular formula is C19H26N2O4. The first kappa shape index (κ1) is 17.7. The lowest BCUT2D eigenvalue weighted by molar-refractivity contribution is -0.136. The SMILES string of the molecule is COCCN1CCC2(CCN(C(=O)CCc3ccccc3O)C2)C1=O. The van der Waals surface area contributed by atoms with E-state index in [2.05, 4.69) is 0 Å². The molecule has 1 spiro atoms. The van der Waals surface area contributed by atoms with Gasteiger partial charge in [-0.25, -0.2) is 0 Å². The van der Waals surface area contributed by atoms with Crippen LogP contribution in [-0.2, 0) is 20.7 Å². The Kier molecular flexibility index (Phi) is 5.27. The lowest BCUT2D eigenvalue weighted by Gasteiger charge is -2.23. The smallest absolute Gasteiger partial charge is 0.230 e. The monoisotopic (exact) mass is 346 g/mol. The predicted molar refractivity (Wildman–Crippen MR) is 93.1 cm³/mol. The zero-order valence-corrected chi connectivity index (χ0v) is 14.7. The summed E-state index contributed by atoms with van der Waals surface area (Å²) in [7, 11) is 1.64. The quantitative estimate of drug-likeness (QED) is 0.846. The van der Waals surface area contributed by atoms with Gasteiger partial charge in [0.05, 0.1) is 12.0 Å². The van der Waals surface area contributed by atoms with Crippen LogP contribution in [0, 0.1) is 5.41 Å². The summed E-state index contributed by atoms with van der Waals surface area (Å²) in [5.74, 6) is 0.455. The van der Waals surface area contributed by atoms with Gasteiger partial charge in [-0.1, -0.05) is 18.2 Å². The molecule has 3 rings (SSSR count). The maximum Gasteiger partial charge on any atom is 0.230 e. The molecule has 2 amide bonds. The molecule has 1 aromatic rings. The summed E-state index contributed by atoms with van der Waals surface area (Å²) in [5.41, 5.74) is 0.394. The van der Waals surface area contributed by atoms with Crippen molar-refractivity contribution >= 4 is 11.8 Å². The van der Waals surface area contributed by atoms with Gasteiger partial charge in [0, 0.05) is 39.7 Å². The molecule has 2 heterocycles. The van der Waals surface area contributed by atoms with E-state index in [1.54, 1.807) is 19.2 Å². The summed E-state index contributed by atoms with van der Waals surface area (Å²) in [6.07, 6.45) is 2.44. The van der Waals surface area contributed by atoms with Gasteiger partial charge in [0.15, 0.2) is 0 Å². The zero-order valence-electron chi connectivity index (χ0n) is 14.7. The van der Waals surface area contributed by atoms with Gasteiger partial charge >= 0.3 is 0 Å². The van der Waals surface area contributed by atoms with E-state index < -0.39 is 5.41 Å². The van der Waals surface area contributed by atoms with Crippen LogP contribution in [0.4, 0.5) is 0 Å². The highest BCUT2D eigenvalue weighted by Gasteiger charge is 2.51. The third kappa shape index (κ3) is 3.63. The van der Waals surface area contributed by atoms with Crippen molar-refractivity contribution in [1.29, 1.82) is 0 Å². The van der Waals surface area contributed by atoms with Crippen molar-refractivity contribution in [2.45, 2.75) is 25.7 Å². The van der Waals surface area contributed by atoms with Crippen LogP contribution in [0.15, 0.2) is 24.3 Å². The van der Waals surface area contributed by atoms with Crippen LogP contribution in [0.5, 0.6) is 5.75 Å². The molecule has 136 valence electrons. The highest BCUT2D eigenvalue weighted by atomic mass is 16.5. The largest absolute Gasteiger partial charge is 0.508 e. The molecule has 0 radical (unpaired) electrons. The number of aryl methyl sites for hydroxylation is 1. The Morgan fingerprint density at radius 2 is 2.04 bits per heavy atom. The fraction of sp³-hybridized carbons (Fsp3) is 0.579. The highest BCUT2D eigenvalue weighted by Crippen LogP contribution is 2.40. The van der Waals surface area contributed by atoms with Crippen molar-refractivity contribution in [2.75, 3.05) is 39.9 Å². The number of amides is 2. The minimum absolute atomic E-state index is 0.0586. The molecule has 0 aromatic heterocycles.